The van der Waals surface area contributed by atoms with Crippen LogP contribution in [-0.4, -0.2) is 96.7 Å². The van der Waals surface area contributed by atoms with E-state index in [0.29, 0.717) is 25.7 Å². The first-order valence-electron chi connectivity index (χ1n) is 35.8. The van der Waals surface area contributed by atoms with Gasteiger partial charge in [-0.15, -0.1) is 0 Å². The fourth-order valence-corrected chi connectivity index (χ4v) is 11.8. The van der Waals surface area contributed by atoms with Crippen LogP contribution >= 0.6 is 15.6 Å². The van der Waals surface area contributed by atoms with Crippen molar-refractivity contribution in [1.82, 2.24) is 0 Å². The van der Waals surface area contributed by atoms with E-state index in [1.807, 2.05) is 0 Å². The summed E-state index contributed by atoms with van der Waals surface area (Å²) < 4.78 is 68.2. The van der Waals surface area contributed by atoms with Crippen LogP contribution in [0.15, 0.2) is 0 Å². The molecule has 0 radical (unpaired) electrons. The number of rotatable bonds is 66. The minimum absolute atomic E-state index is 0.104. The Morgan fingerprint density at radius 3 is 0.807 bits per heavy atom. The summed E-state index contributed by atoms with van der Waals surface area (Å²) in [6.07, 6.45) is 40.2. The Labute approximate surface area is 537 Å². The van der Waals surface area contributed by atoms with Crippen LogP contribution in [0.5, 0.6) is 0 Å². The van der Waals surface area contributed by atoms with Crippen LogP contribution in [0.25, 0.3) is 0 Å². The van der Waals surface area contributed by atoms with E-state index in [4.69, 9.17) is 37.0 Å². The van der Waals surface area contributed by atoms with Crippen molar-refractivity contribution in [1.29, 1.82) is 0 Å². The Balaban J connectivity index is 5.28. The highest BCUT2D eigenvalue weighted by Crippen LogP contribution is 2.45. The number of carbonyl (C=O) groups is 4. The van der Waals surface area contributed by atoms with Crippen LogP contribution in [0.2, 0.25) is 0 Å². The van der Waals surface area contributed by atoms with E-state index in [9.17, 15) is 43.2 Å². The number of phosphoric acid groups is 2. The zero-order chi connectivity index (χ0) is 65.4. The van der Waals surface area contributed by atoms with Gasteiger partial charge in [-0.05, 0) is 49.4 Å². The lowest BCUT2D eigenvalue weighted by atomic mass is 9.99. The van der Waals surface area contributed by atoms with Crippen molar-refractivity contribution in [3.63, 3.8) is 0 Å². The topological polar surface area (TPSA) is 237 Å². The summed E-state index contributed by atoms with van der Waals surface area (Å²) in [5.41, 5.74) is 0. The molecule has 88 heavy (non-hydrogen) atoms. The molecule has 0 fully saturated rings. The lowest BCUT2D eigenvalue weighted by molar-refractivity contribution is -0.161. The Morgan fingerprint density at radius 2 is 0.545 bits per heavy atom. The van der Waals surface area contributed by atoms with E-state index in [1.54, 1.807) is 0 Å². The predicted octanol–water partition coefficient (Wildman–Crippen LogP) is 19.3. The van der Waals surface area contributed by atoms with Crippen LogP contribution in [0.3, 0.4) is 0 Å². The highest BCUT2D eigenvalue weighted by molar-refractivity contribution is 7.47. The first kappa shape index (κ1) is 86.1. The van der Waals surface area contributed by atoms with Gasteiger partial charge in [0.1, 0.15) is 19.3 Å². The number of aliphatic hydroxyl groups excluding tert-OH is 1. The van der Waals surface area contributed by atoms with Gasteiger partial charge in [-0.2, -0.15) is 0 Å². The Bertz CT molecular complexity index is 1750. The molecule has 5 unspecified atom stereocenters. The summed E-state index contributed by atoms with van der Waals surface area (Å²) in [6.45, 7) is 14.1. The lowest BCUT2D eigenvalue weighted by Gasteiger charge is -2.21. The van der Waals surface area contributed by atoms with Crippen molar-refractivity contribution in [3.05, 3.63) is 0 Å². The second-order valence-electron chi connectivity index (χ2n) is 26.1. The summed E-state index contributed by atoms with van der Waals surface area (Å²) in [6, 6.07) is 0. The maximum absolute atomic E-state index is 13.0. The average Bonchev–Trinajstić information content (AvgIpc) is 3.35. The third-order valence-electron chi connectivity index (χ3n) is 16.9. The molecule has 0 aliphatic rings. The maximum atomic E-state index is 13.0. The summed E-state index contributed by atoms with van der Waals surface area (Å²) in [4.78, 5) is 72.5. The molecule has 0 amide bonds. The molecule has 19 heteroatoms. The third kappa shape index (κ3) is 59.1. The number of esters is 4. The molecule has 0 aromatic heterocycles. The molecule has 0 heterocycles. The Morgan fingerprint density at radius 1 is 0.318 bits per heavy atom. The van der Waals surface area contributed by atoms with E-state index in [1.165, 1.54) is 135 Å². The molecule has 0 saturated carbocycles. The molecule has 0 saturated heterocycles. The third-order valence-corrected chi connectivity index (χ3v) is 18.8. The molecule has 0 aliphatic carbocycles. The van der Waals surface area contributed by atoms with Gasteiger partial charge in [-0.1, -0.05) is 287 Å². The summed E-state index contributed by atoms with van der Waals surface area (Å²) in [7, 11) is -9.90. The summed E-state index contributed by atoms with van der Waals surface area (Å²) in [5.74, 6) is 0.916. The smallest absolute Gasteiger partial charge is 0.462 e. The first-order chi connectivity index (χ1) is 42.2. The van der Waals surface area contributed by atoms with Gasteiger partial charge < -0.3 is 33.8 Å². The Hall–Kier alpha value is -1.94. The van der Waals surface area contributed by atoms with Crippen LogP contribution in [0.1, 0.15) is 338 Å². The molecular weight excluding hydrogens is 1160 g/mol. The zero-order valence-corrected chi connectivity index (χ0v) is 59.1. The number of ether oxygens (including phenoxy) is 4. The van der Waals surface area contributed by atoms with Crippen LogP contribution in [-0.2, 0) is 65.4 Å². The van der Waals surface area contributed by atoms with Crippen LogP contribution in [0.4, 0.5) is 0 Å². The number of aliphatic hydroxyl groups is 1. The fraction of sp³-hybridized carbons (Fsp3) is 0.942. The normalized spacial score (nSPS) is 15.2. The first-order valence-corrected chi connectivity index (χ1v) is 38.8. The largest absolute Gasteiger partial charge is 0.472 e. The highest BCUT2D eigenvalue weighted by Gasteiger charge is 2.30. The van der Waals surface area contributed by atoms with E-state index in [2.05, 4.69) is 55.4 Å². The molecule has 0 bridgehead atoms. The van der Waals surface area contributed by atoms with Gasteiger partial charge in [0.05, 0.1) is 26.4 Å². The van der Waals surface area contributed by atoms with Crippen molar-refractivity contribution in [3.8, 4) is 0 Å². The molecule has 522 valence electrons. The number of carbonyl (C=O) groups excluding carboxylic acids is 4. The second kappa shape index (κ2) is 58.8. The molecule has 3 N–H and O–H groups in total. The minimum atomic E-state index is -4.95. The van der Waals surface area contributed by atoms with Gasteiger partial charge in [0, 0.05) is 25.7 Å². The summed E-state index contributed by atoms with van der Waals surface area (Å²) >= 11 is 0. The standard InChI is InChI=1S/C69H134O17P2/c1-9-60(6)46-38-30-22-16-12-13-17-25-35-43-51-68(73)85-64(55-79-66(71)49-41-33-24-20-19-23-31-39-47-61(7)10-2)57-83-87(75,76)81-53-63(70)54-82-88(77,78)84-58-65(56-80-67(72)50-42-34-28-27-32-40-48-62(8)11-3)86-69(74)52-44-36-26-18-14-15-21-29-37-45-59(4)5/h59-65,70H,9-58H2,1-8H3,(H,75,76)(H,77,78)/t60?,61?,62?,63-,64-,65-/m1/s1. The SMILES string of the molecule is CCC(C)CCCCCCCCCCCCC(=O)O[C@H](COC(=O)CCCCCCCCCCC(C)CC)COP(=O)(O)OC[C@@H](O)COP(=O)(O)OC[C@@H](COC(=O)CCCCCCCCC(C)CC)OC(=O)CCCCCCCCCCCC(C)C. The van der Waals surface area contributed by atoms with Gasteiger partial charge >= 0.3 is 39.5 Å². The number of hydrogen-bond donors (Lipinski definition) is 3. The van der Waals surface area contributed by atoms with E-state index in [-0.39, 0.29) is 25.7 Å². The molecule has 0 rings (SSSR count). The lowest BCUT2D eigenvalue weighted by Crippen LogP contribution is -2.30. The van der Waals surface area contributed by atoms with Crippen molar-refractivity contribution >= 4 is 39.5 Å². The number of unbranched alkanes of at least 4 members (excludes halogenated alkanes) is 29. The van der Waals surface area contributed by atoms with Gasteiger partial charge in [-0.3, -0.25) is 37.3 Å². The molecule has 0 aromatic rings. The second-order valence-corrected chi connectivity index (χ2v) is 29.0. The van der Waals surface area contributed by atoms with Gasteiger partial charge in [0.25, 0.3) is 0 Å². The average molecular weight is 1300 g/mol. The van der Waals surface area contributed by atoms with Crippen molar-refractivity contribution < 1.29 is 80.2 Å². The molecule has 0 spiro atoms. The molecule has 8 atom stereocenters. The monoisotopic (exact) mass is 1300 g/mol. The molecule has 0 aliphatic heterocycles. The maximum Gasteiger partial charge on any atom is 0.472 e. The zero-order valence-electron chi connectivity index (χ0n) is 57.3. The van der Waals surface area contributed by atoms with Crippen molar-refractivity contribution in [2.45, 2.75) is 356 Å². The minimum Gasteiger partial charge on any atom is -0.462 e. The number of phosphoric ester groups is 2. The van der Waals surface area contributed by atoms with Crippen molar-refractivity contribution in [2.24, 2.45) is 23.7 Å². The highest BCUT2D eigenvalue weighted by atomic mass is 31.2. The predicted molar refractivity (Wildman–Crippen MR) is 354 cm³/mol. The summed E-state index contributed by atoms with van der Waals surface area (Å²) in [5, 5.41) is 10.6. The van der Waals surface area contributed by atoms with E-state index < -0.39 is 97.5 Å². The quantitative estimate of drug-likeness (QED) is 0.0222. The van der Waals surface area contributed by atoms with Gasteiger partial charge in [0.2, 0.25) is 0 Å². The van der Waals surface area contributed by atoms with Crippen molar-refractivity contribution in [2.75, 3.05) is 39.6 Å². The molecule has 17 nitrogen and oxygen atoms in total. The fourth-order valence-electron chi connectivity index (χ4n) is 10.2. The van der Waals surface area contributed by atoms with E-state index >= 15 is 0 Å². The van der Waals surface area contributed by atoms with Crippen LogP contribution in [0, 0.1) is 23.7 Å². The van der Waals surface area contributed by atoms with Gasteiger partial charge in [-0.25, -0.2) is 9.13 Å². The molecule has 0 aromatic carbocycles. The Kier molecular flexibility index (Phi) is 57.6. The van der Waals surface area contributed by atoms with Gasteiger partial charge in [0.15, 0.2) is 12.2 Å². The molecular formula is C69H134O17P2. The van der Waals surface area contributed by atoms with Crippen LogP contribution < -0.4 is 0 Å². The van der Waals surface area contributed by atoms with E-state index in [0.717, 1.165) is 120 Å². The number of hydrogen-bond acceptors (Lipinski definition) is 15.